The highest BCUT2D eigenvalue weighted by molar-refractivity contribution is 5.79. The second kappa shape index (κ2) is 8.37. The summed E-state index contributed by atoms with van der Waals surface area (Å²) in [4.78, 5) is 12.4. The highest BCUT2D eigenvalue weighted by atomic mass is 16.5. The third-order valence-electron chi connectivity index (χ3n) is 3.88. The van der Waals surface area contributed by atoms with Gasteiger partial charge in [0.2, 0.25) is 5.91 Å². The maximum Gasteiger partial charge on any atom is 0.223 e. The van der Waals surface area contributed by atoms with Crippen LogP contribution < -0.4 is 10.1 Å². The molecule has 2 aromatic carbocycles. The zero-order chi connectivity index (χ0) is 16.7. The molecule has 0 aliphatic rings. The number of carbonyl (C=O) groups excluding carboxylic acids is 1. The van der Waals surface area contributed by atoms with Crippen LogP contribution in [0.3, 0.4) is 0 Å². The predicted molar refractivity (Wildman–Crippen MR) is 93.5 cm³/mol. The van der Waals surface area contributed by atoms with Crippen LogP contribution in [0.2, 0.25) is 0 Å². The second-order valence-corrected chi connectivity index (χ2v) is 5.82. The van der Waals surface area contributed by atoms with Gasteiger partial charge in [-0.25, -0.2) is 0 Å². The van der Waals surface area contributed by atoms with Crippen molar-refractivity contribution in [1.29, 1.82) is 0 Å². The number of hydrogen-bond donors (Lipinski definition) is 1. The summed E-state index contributed by atoms with van der Waals surface area (Å²) in [7, 11) is 0. The minimum Gasteiger partial charge on any atom is -0.494 e. The first-order chi connectivity index (χ1) is 11.1. The molecular formula is C20H25NO2. The van der Waals surface area contributed by atoms with Gasteiger partial charge in [0.25, 0.3) is 0 Å². The van der Waals surface area contributed by atoms with Crippen molar-refractivity contribution in [1.82, 2.24) is 5.32 Å². The topological polar surface area (TPSA) is 38.3 Å². The van der Waals surface area contributed by atoms with Crippen molar-refractivity contribution < 1.29 is 9.53 Å². The van der Waals surface area contributed by atoms with Crippen LogP contribution in [0.25, 0.3) is 0 Å². The van der Waals surface area contributed by atoms with Crippen LogP contribution >= 0.6 is 0 Å². The van der Waals surface area contributed by atoms with Gasteiger partial charge in [-0.3, -0.25) is 4.79 Å². The molecule has 0 bridgehead atoms. The molecule has 3 heteroatoms. The summed E-state index contributed by atoms with van der Waals surface area (Å²) in [6.45, 7) is 6.59. The van der Waals surface area contributed by atoms with E-state index < -0.39 is 0 Å². The molecule has 0 saturated heterocycles. The summed E-state index contributed by atoms with van der Waals surface area (Å²) < 4.78 is 5.44. The van der Waals surface area contributed by atoms with Gasteiger partial charge in [-0.05, 0) is 43.5 Å². The van der Waals surface area contributed by atoms with Gasteiger partial charge in [-0.15, -0.1) is 0 Å². The van der Waals surface area contributed by atoms with Crippen LogP contribution in [0, 0.1) is 5.92 Å². The highest BCUT2D eigenvalue weighted by Crippen LogP contribution is 2.18. The molecule has 0 unspecified atom stereocenters. The molecule has 0 fully saturated rings. The van der Waals surface area contributed by atoms with Gasteiger partial charge in [0.15, 0.2) is 0 Å². The molecule has 0 heterocycles. The molecule has 0 aromatic heterocycles. The largest absolute Gasteiger partial charge is 0.494 e. The molecule has 0 saturated carbocycles. The lowest BCUT2D eigenvalue weighted by Crippen LogP contribution is -2.32. The van der Waals surface area contributed by atoms with Crippen molar-refractivity contribution in [3.63, 3.8) is 0 Å². The number of ether oxygens (including phenoxy) is 1. The molecule has 3 nitrogen and oxygen atoms in total. The molecule has 23 heavy (non-hydrogen) atoms. The molecule has 2 aromatic rings. The number of nitrogens with one attached hydrogen (secondary N) is 1. The van der Waals surface area contributed by atoms with Gasteiger partial charge in [-0.2, -0.15) is 0 Å². The summed E-state index contributed by atoms with van der Waals surface area (Å²) in [5, 5.41) is 3.09. The Morgan fingerprint density at radius 2 is 1.70 bits per heavy atom. The van der Waals surface area contributed by atoms with Crippen LogP contribution in [0.4, 0.5) is 0 Å². The standard InChI is InChI=1S/C20H25NO2/c1-4-23-19-12-10-18(11-13-19)16(3)21-20(22)15(2)14-17-8-6-5-7-9-17/h5-13,15-16H,4,14H2,1-3H3,(H,21,22)/t15-,16+/m0/s1. The first-order valence-electron chi connectivity index (χ1n) is 8.17. The van der Waals surface area contributed by atoms with Gasteiger partial charge >= 0.3 is 0 Å². The Labute approximate surface area is 138 Å². The molecule has 122 valence electrons. The third kappa shape index (κ3) is 5.13. The normalized spacial score (nSPS) is 13.2. The summed E-state index contributed by atoms with van der Waals surface area (Å²) in [6, 6.07) is 18.0. The van der Waals surface area contributed by atoms with E-state index in [2.05, 4.69) is 17.4 Å². The first-order valence-corrected chi connectivity index (χ1v) is 8.17. The van der Waals surface area contributed by atoms with Crippen molar-refractivity contribution in [2.75, 3.05) is 6.61 Å². The van der Waals surface area contributed by atoms with Gasteiger partial charge in [0, 0.05) is 5.92 Å². The van der Waals surface area contributed by atoms with E-state index in [1.54, 1.807) is 0 Å². The van der Waals surface area contributed by atoms with Gasteiger partial charge in [0.1, 0.15) is 5.75 Å². The monoisotopic (exact) mass is 311 g/mol. The summed E-state index contributed by atoms with van der Waals surface area (Å²) in [5.41, 5.74) is 2.26. The Morgan fingerprint density at radius 3 is 2.30 bits per heavy atom. The fourth-order valence-corrected chi connectivity index (χ4v) is 2.52. The highest BCUT2D eigenvalue weighted by Gasteiger charge is 2.16. The van der Waals surface area contributed by atoms with Crippen molar-refractivity contribution in [2.24, 2.45) is 5.92 Å². The molecule has 0 spiro atoms. The van der Waals surface area contributed by atoms with Gasteiger partial charge in [0.05, 0.1) is 12.6 Å². The van der Waals surface area contributed by atoms with Crippen molar-refractivity contribution >= 4 is 5.91 Å². The van der Waals surface area contributed by atoms with E-state index in [4.69, 9.17) is 4.74 Å². The second-order valence-electron chi connectivity index (χ2n) is 5.82. The van der Waals surface area contributed by atoms with E-state index >= 15 is 0 Å². The Balaban J connectivity index is 1.90. The summed E-state index contributed by atoms with van der Waals surface area (Å²) >= 11 is 0. The Bertz CT molecular complexity index is 607. The maximum absolute atomic E-state index is 12.4. The lowest BCUT2D eigenvalue weighted by Gasteiger charge is -2.18. The average Bonchev–Trinajstić information content (AvgIpc) is 2.56. The zero-order valence-electron chi connectivity index (χ0n) is 14.1. The molecule has 1 N–H and O–H groups in total. The Hall–Kier alpha value is -2.29. The fraction of sp³-hybridized carbons (Fsp3) is 0.350. The number of carbonyl (C=O) groups is 1. The van der Waals surface area contributed by atoms with Gasteiger partial charge in [-0.1, -0.05) is 49.4 Å². The minimum absolute atomic E-state index is 0.0172. The van der Waals surface area contributed by atoms with Crippen molar-refractivity contribution in [2.45, 2.75) is 33.2 Å². The molecule has 0 radical (unpaired) electrons. The minimum atomic E-state index is -0.0532. The maximum atomic E-state index is 12.4. The lowest BCUT2D eigenvalue weighted by atomic mass is 9.99. The Morgan fingerprint density at radius 1 is 1.04 bits per heavy atom. The lowest BCUT2D eigenvalue weighted by molar-refractivity contribution is -0.125. The van der Waals surface area contributed by atoms with E-state index in [0.717, 1.165) is 17.7 Å². The van der Waals surface area contributed by atoms with E-state index in [1.165, 1.54) is 5.56 Å². The number of amides is 1. The molecule has 0 aliphatic carbocycles. The molecule has 1 amide bonds. The molecule has 0 aliphatic heterocycles. The number of benzene rings is 2. The average molecular weight is 311 g/mol. The molecule has 2 rings (SSSR count). The first kappa shape index (κ1) is 17.1. The van der Waals surface area contributed by atoms with E-state index in [1.807, 2.05) is 63.2 Å². The Kier molecular flexibility index (Phi) is 6.21. The smallest absolute Gasteiger partial charge is 0.223 e. The quantitative estimate of drug-likeness (QED) is 0.834. The van der Waals surface area contributed by atoms with E-state index in [-0.39, 0.29) is 17.9 Å². The van der Waals surface area contributed by atoms with Crippen LogP contribution in [0.15, 0.2) is 54.6 Å². The van der Waals surface area contributed by atoms with Crippen molar-refractivity contribution in [3.8, 4) is 5.75 Å². The van der Waals surface area contributed by atoms with Crippen LogP contribution in [0.1, 0.15) is 37.9 Å². The van der Waals surface area contributed by atoms with E-state index in [0.29, 0.717) is 6.61 Å². The third-order valence-corrected chi connectivity index (χ3v) is 3.88. The molecular weight excluding hydrogens is 286 g/mol. The summed E-state index contributed by atoms with van der Waals surface area (Å²) in [6.07, 6.45) is 0.753. The fourth-order valence-electron chi connectivity index (χ4n) is 2.52. The van der Waals surface area contributed by atoms with Crippen molar-refractivity contribution in [3.05, 3.63) is 65.7 Å². The van der Waals surface area contributed by atoms with Crippen LogP contribution in [-0.2, 0) is 11.2 Å². The number of hydrogen-bond acceptors (Lipinski definition) is 2. The molecule has 2 atom stereocenters. The van der Waals surface area contributed by atoms with Crippen LogP contribution in [-0.4, -0.2) is 12.5 Å². The van der Waals surface area contributed by atoms with E-state index in [9.17, 15) is 4.79 Å². The zero-order valence-corrected chi connectivity index (χ0v) is 14.1. The predicted octanol–water partition coefficient (Wildman–Crippen LogP) is 4.14. The number of rotatable bonds is 7. The van der Waals surface area contributed by atoms with Gasteiger partial charge < -0.3 is 10.1 Å². The SMILES string of the molecule is CCOc1ccc([C@@H](C)NC(=O)[C@@H](C)Cc2ccccc2)cc1. The van der Waals surface area contributed by atoms with Crippen LogP contribution in [0.5, 0.6) is 5.75 Å². The summed E-state index contributed by atoms with van der Waals surface area (Å²) in [5.74, 6) is 0.880.